The molecule has 0 spiro atoms. The molecule has 4 nitrogen and oxygen atoms in total. The van der Waals surface area contributed by atoms with Crippen LogP contribution in [0.2, 0.25) is 10.3 Å². The van der Waals surface area contributed by atoms with Gasteiger partial charge in [0.25, 0.3) is 0 Å². The van der Waals surface area contributed by atoms with Gasteiger partial charge in [0, 0.05) is 23.8 Å². The lowest BCUT2D eigenvalue weighted by atomic mass is 10.2. The Labute approximate surface area is 95.7 Å². The van der Waals surface area contributed by atoms with Crippen LogP contribution in [-0.2, 0) is 0 Å². The van der Waals surface area contributed by atoms with Crippen LogP contribution in [0.5, 0.6) is 0 Å². The standard InChI is InChI=1S/C9H5Cl2N3O/c10-7-5-8(11)13-9(12-7)6-1-3-14(15)4-2-6/h1-5H. The van der Waals surface area contributed by atoms with E-state index in [1.165, 1.54) is 18.5 Å². The number of rotatable bonds is 1. The van der Waals surface area contributed by atoms with Crippen LogP contribution >= 0.6 is 23.2 Å². The van der Waals surface area contributed by atoms with Crippen molar-refractivity contribution < 1.29 is 4.73 Å². The fraction of sp³-hybridized carbons (Fsp3) is 0. The van der Waals surface area contributed by atoms with Crippen LogP contribution in [0, 0.1) is 5.21 Å². The van der Waals surface area contributed by atoms with Crippen molar-refractivity contribution in [3.8, 4) is 11.4 Å². The molecular weight excluding hydrogens is 237 g/mol. The van der Waals surface area contributed by atoms with Gasteiger partial charge in [-0.3, -0.25) is 0 Å². The van der Waals surface area contributed by atoms with Crippen molar-refractivity contribution in [2.24, 2.45) is 0 Å². The molecule has 0 fully saturated rings. The van der Waals surface area contributed by atoms with Crippen LogP contribution < -0.4 is 4.73 Å². The molecule has 0 atom stereocenters. The molecule has 0 aliphatic heterocycles. The summed E-state index contributed by atoms with van der Waals surface area (Å²) in [4.78, 5) is 7.99. The van der Waals surface area contributed by atoms with Crippen molar-refractivity contribution in [2.75, 3.05) is 0 Å². The summed E-state index contributed by atoms with van der Waals surface area (Å²) in [5.41, 5.74) is 0.687. The third-order valence-electron chi connectivity index (χ3n) is 1.72. The SMILES string of the molecule is [O-][n+]1ccc(-c2nc(Cl)cc(Cl)n2)cc1. The first-order chi connectivity index (χ1) is 7.15. The van der Waals surface area contributed by atoms with E-state index in [4.69, 9.17) is 23.2 Å². The molecule has 0 amide bonds. The maximum Gasteiger partial charge on any atom is 0.181 e. The number of halogens is 2. The summed E-state index contributed by atoms with van der Waals surface area (Å²) in [5, 5.41) is 11.3. The number of pyridine rings is 1. The molecule has 0 unspecified atom stereocenters. The fourth-order valence-electron chi connectivity index (χ4n) is 1.08. The Hall–Kier alpha value is -1.39. The molecular formula is C9H5Cl2N3O. The van der Waals surface area contributed by atoms with Gasteiger partial charge in [-0.2, -0.15) is 4.73 Å². The first kappa shape index (κ1) is 10.1. The molecule has 0 radical (unpaired) electrons. The predicted octanol–water partition coefficient (Wildman–Crippen LogP) is 2.08. The summed E-state index contributed by atoms with van der Waals surface area (Å²) < 4.78 is 0.676. The second-order valence-corrected chi connectivity index (χ2v) is 3.56. The third-order valence-corrected chi connectivity index (χ3v) is 2.11. The Kier molecular flexibility index (Phi) is 2.70. The summed E-state index contributed by atoms with van der Waals surface area (Å²) >= 11 is 11.5. The monoisotopic (exact) mass is 241 g/mol. The van der Waals surface area contributed by atoms with Crippen molar-refractivity contribution in [1.82, 2.24) is 9.97 Å². The Morgan fingerprint density at radius 3 is 2.13 bits per heavy atom. The molecule has 0 N–H and O–H groups in total. The lowest BCUT2D eigenvalue weighted by Crippen LogP contribution is -2.23. The summed E-state index contributed by atoms with van der Waals surface area (Å²) in [5.74, 6) is 0.396. The number of hydrogen-bond donors (Lipinski definition) is 0. The quantitative estimate of drug-likeness (QED) is 0.437. The van der Waals surface area contributed by atoms with Gasteiger partial charge in [-0.25, -0.2) is 9.97 Å². The summed E-state index contributed by atoms with van der Waals surface area (Å²) in [6.45, 7) is 0. The molecule has 2 rings (SSSR count). The summed E-state index contributed by atoms with van der Waals surface area (Å²) in [7, 11) is 0. The average molecular weight is 242 g/mol. The topological polar surface area (TPSA) is 52.7 Å². The highest BCUT2D eigenvalue weighted by atomic mass is 35.5. The molecule has 0 aliphatic rings. The molecule has 2 aromatic heterocycles. The highest BCUT2D eigenvalue weighted by molar-refractivity contribution is 6.33. The van der Waals surface area contributed by atoms with E-state index in [1.54, 1.807) is 12.1 Å². The second kappa shape index (κ2) is 4.00. The largest absolute Gasteiger partial charge is 0.619 e. The van der Waals surface area contributed by atoms with Crippen LogP contribution in [0.25, 0.3) is 11.4 Å². The summed E-state index contributed by atoms with van der Waals surface area (Å²) in [6, 6.07) is 4.63. The Morgan fingerprint density at radius 1 is 1.07 bits per heavy atom. The smallest absolute Gasteiger partial charge is 0.181 e. The maximum atomic E-state index is 10.8. The average Bonchev–Trinajstić information content (AvgIpc) is 2.17. The van der Waals surface area contributed by atoms with Gasteiger partial charge in [0.15, 0.2) is 18.2 Å². The Balaban J connectivity index is 2.49. The number of aromatic nitrogens is 3. The van der Waals surface area contributed by atoms with Crippen LogP contribution in [0.4, 0.5) is 0 Å². The first-order valence-electron chi connectivity index (χ1n) is 4.04. The first-order valence-corrected chi connectivity index (χ1v) is 4.80. The minimum atomic E-state index is 0.267. The lowest BCUT2D eigenvalue weighted by molar-refractivity contribution is -0.605. The molecule has 0 aliphatic carbocycles. The van der Waals surface area contributed by atoms with E-state index in [0.717, 1.165) is 0 Å². The molecule has 0 saturated heterocycles. The van der Waals surface area contributed by atoms with Crippen LogP contribution in [-0.4, -0.2) is 9.97 Å². The second-order valence-electron chi connectivity index (χ2n) is 2.78. The van der Waals surface area contributed by atoms with Gasteiger partial charge >= 0.3 is 0 Å². The van der Waals surface area contributed by atoms with E-state index in [2.05, 4.69) is 9.97 Å². The van der Waals surface area contributed by atoms with Crippen molar-refractivity contribution in [1.29, 1.82) is 0 Å². The predicted molar refractivity (Wildman–Crippen MR) is 56.4 cm³/mol. The number of hydrogen-bond acceptors (Lipinski definition) is 3. The zero-order chi connectivity index (χ0) is 10.8. The van der Waals surface area contributed by atoms with Gasteiger partial charge in [-0.05, 0) is 0 Å². The van der Waals surface area contributed by atoms with Gasteiger partial charge in [-0.1, -0.05) is 23.2 Å². The molecule has 15 heavy (non-hydrogen) atoms. The highest BCUT2D eigenvalue weighted by Crippen LogP contribution is 2.18. The molecule has 0 aromatic carbocycles. The van der Waals surface area contributed by atoms with Gasteiger partial charge < -0.3 is 5.21 Å². The van der Waals surface area contributed by atoms with Gasteiger partial charge in [-0.15, -0.1) is 0 Å². The lowest BCUT2D eigenvalue weighted by Gasteiger charge is -2.01. The van der Waals surface area contributed by atoms with Gasteiger partial charge in [0.1, 0.15) is 10.3 Å². The molecule has 0 saturated carbocycles. The van der Waals surface area contributed by atoms with Crippen molar-refractivity contribution in [2.45, 2.75) is 0 Å². The third kappa shape index (κ3) is 2.34. The zero-order valence-corrected chi connectivity index (χ0v) is 8.90. The Morgan fingerprint density at radius 2 is 1.60 bits per heavy atom. The van der Waals surface area contributed by atoms with E-state index in [0.29, 0.717) is 16.1 Å². The van der Waals surface area contributed by atoms with Gasteiger partial charge in [0.2, 0.25) is 0 Å². The molecule has 6 heteroatoms. The zero-order valence-electron chi connectivity index (χ0n) is 7.39. The van der Waals surface area contributed by atoms with Crippen LogP contribution in [0.1, 0.15) is 0 Å². The van der Waals surface area contributed by atoms with E-state index in [9.17, 15) is 5.21 Å². The van der Waals surface area contributed by atoms with Gasteiger partial charge in [0.05, 0.1) is 0 Å². The maximum absolute atomic E-state index is 10.8. The number of nitrogens with zero attached hydrogens (tertiary/aromatic N) is 3. The molecule has 76 valence electrons. The van der Waals surface area contributed by atoms with Crippen molar-refractivity contribution in [3.05, 3.63) is 46.1 Å². The fourth-order valence-corrected chi connectivity index (χ4v) is 1.50. The van der Waals surface area contributed by atoms with Crippen LogP contribution in [0.3, 0.4) is 0 Å². The highest BCUT2D eigenvalue weighted by Gasteiger charge is 2.05. The van der Waals surface area contributed by atoms with Crippen molar-refractivity contribution in [3.63, 3.8) is 0 Å². The van der Waals surface area contributed by atoms with E-state index in [1.807, 2.05) is 0 Å². The minimum absolute atomic E-state index is 0.267. The summed E-state index contributed by atoms with van der Waals surface area (Å²) in [6.07, 6.45) is 2.71. The van der Waals surface area contributed by atoms with Crippen molar-refractivity contribution >= 4 is 23.2 Å². The minimum Gasteiger partial charge on any atom is -0.619 e. The Bertz CT molecular complexity index is 467. The normalized spacial score (nSPS) is 10.3. The van der Waals surface area contributed by atoms with E-state index in [-0.39, 0.29) is 10.3 Å². The van der Waals surface area contributed by atoms with E-state index < -0.39 is 0 Å². The van der Waals surface area contributed by atoms with Crippen LogP contribution in [0.15, 0.2) is 30.6 Å². The molecule has 2 aromatic rings. The molecule has 2 heterocycles. The van der Waals surface area contributed by atoms with E-state index >= 15 is 0 Å². The molecule has 0 bridgehead atoms.